The van der Waals surface area contributed by atoms with Crippen molar-refractivity contribution in [3.05, 3.63) is 48.0 Å². The van der Waals surface area contributed by atoms with Gasteiger partial charge in [0, 0.05) is 13.0 Å². The van der Waals surface area contributed by atoms with Gasteiger partial charge in [-0.15, -0.1) is 0 Å². The molecule has 2 fully saturated rings. The zero-order valence-electron chi connectivity index (χ0n) is 17.6. The molecule has 0 aromatic heterocycles. The summed E-state index contributed by atoms with van der Waals surface area (Å²) in [6, 6.07) is 9.92. The molecule has 1 aromatic carbocycles. The predicted octanol–water partition coefficient (Wildman–Crippen LogP) is 3.28. The van der Waals surface area contributed by atoms with Gasteiger partial charge in [0.25, 0.3) is 0 Å². The van der Waals surface area contributed by atoms with Gasteiger partial charge in [0.05, 0.1) is 18.8 Å². The van der Waals surface area contributed by atoms with E-state index in [2.05, 4.69) is 22.8 Å². The molecule has 4 atom stereocenters. The molecule has 6 nitrogen and oxygen atoms in total. The van der Waals surface area contributed by atoms with Crippen LogP contribution in [0.4, 0.5) is 0 Å². The van der Waals surface area contributed by atoms with Gasteiger partial charge in [-0.1, -0.05) is 42.5 Å². The Morgan fingerprint density at radius 2 is 1.87 bits per heavy atom. The van der Waals surface area contributed by atoms with Crippen molar-refractivity contribution in [1.82, 2.24) is 10.6 Å². The van der Waals surface area contributed by atoms with Crippen LogP contribution in [-0.2, 0) is 20.9 Å². The van der Waals surface area contributed by atoms with E-state index in [1.807, 2.05) is 30.3 Å². The van der Waals surface area contributed by atoms with Crippen LogP contribution >= 0.6 is 0 Å². The van der Waals surface area contributed by atoms with Crippen LogP contribution < -0.4 is 10.6 Å². The number of hydrogen-bond acceptors (Lipinski definition) is 4. The summed E-state index contributed by atoms with van der Waals surface area (Å²) in [4.78, 5) is 22.6. The first-order chi connectivity index (χ1) is 14.6. The van der Waals surface area contributed by atoms with Crippen LogP contribution in [0.5, 0.6) is 0 Å². The number of benzene rings is 1. The van der Waals surface area contributed by atoms with Crippen molar-refractivity contribution in [3.63, 3.8) is 0 Å². The molecular weight excluding hydrogens is 380 g/mol. The fraction of sp³-hybridized carbons (Fsp3) is 0.583. The largest absolute Gasteiger partial charge is 0.481 e. The second-order valence-corrected chi connectivity index (χ2v) is 8.34. The molecule has 0 unspecified atom stereocenters. The summed E-state index contributed by atoms with van der Waals surface area (Å²) in [5.41, 5.74) is 1.10. The Kier molecular flexibility index (Phi) is 8.90. The number of aliphatic carboxylic acids is 1. The third-order valence-electron chi connectivity index (χ3n) is 6.20. The summed E-state index contributed by atoms with van der Waals surface area (Å²) in [6.07, 6.45) is 11.1. The van der Waals surface area contributed by atoms with Crippen LogP contribution in [0.15, 0.2) is 42.5 Å². The quantitative estimate of drug-likeness (QED) is 0.341. The molecule has 3 N–H and O–H groups in total. The van der Waals surface area contributed by atoms with Gasteiger partial charge in [0.15, 0.2) is 0 Å². The summed E-state index contributed by atoms with van der Waals surface area (Å²) >= 11 is 0. The summed E-state index contributed by atoms with van der Waals surface area (Å²) < 4.78 is 6.15. The molecule has 30 heavy (non-hydrogen) atoms. The molecule has 0 spiro atoms. The average molecular weight is 415 g/mol. The summed E-state index contributed by atoms with van der Waals surface area (Å²) in [5.74, 6) is 0.357. The highest BCUT2D eigenvalue weighted by atomic mass is 16.5. The smallest absolute Gasteiger partial charge is 0.303 e. The van der Waals surface area contributed by atoms with Gasteiger partial charge < -0.3 is 20.5 Å². The second-order valence-electron chi connectivity index (χ2n) is 8.34. The third kappa shape index (κ3) is 6.96. The predicted molar refractivity (Wildman–Crippen MR) is 116 cm³/mol. The number of carboxylic acids is 1. The number of ether oxygens (including phenoxy) is 1. The maximum atomic E-state index is 12.0. The van der Waals surface area contributed by atoms with Crippen molar-refractivity contribution >= 4 is 11.9 Å². The minimum Gasteiger partial charge on any atom is -0.481 e. The number of rotatable bonds is 13. The number of carbonyl (C=O) groups is 2. The first-order valence-electron chi connectivity index (χ1n) is 11.2. The first-order valence-corrected chi connectivity index (χ1v) is 11.2. The molecule has 2 aliphatic heterocycles. The van der Waals surface area contributed by atoms with Gasteiger partial charge in [0.2, 0.25) is 5.91 Å². The SMILES string of the molecule is O=C(O)CCC/C=C\C[C@H]1[C@H](CCNCC(=O)NCc2ccccc2)[C@@H]2CC[C@H]1O2. The number of amides is 1. The van der Waals surface area contributed by atoms with Crippen molar-refractivity contribution in [3.8, 4) is 0 Å². The lowest BCUT2D eigenvalue weighted by Crippen LogP contribution is -2.36. The zero-order chi connectivity index (χ0) is 21.2. The Morgan fingerprint density at radius 3 is 2.63 bits per heavy atom. The number of unbranched alkanes of at least 4 members (excludes halogenated alkanes) is 1. The highest BCUT2D eigenvalue weighted by Gasteiger charge is 2.47. The van der Waals surface area contributed by atoms with E-state index < -0.39 is 5.97 Å². The van der Waals surface area contributed by atoms with Gasteiger partial charge in [-0.05, 0) is 62.5 Å². The number of carbonyl (C=O) groups excluding carboxylic acids is 1. The molecule has 1 aromatic rings. The molecule has 2 heterocycles. The fourth-order valence-electron chi connectivity index (χ4n) is 4.67. The number of fused-ring (bicyclic) bond motifs is 2. The monoisotopic (exact) mass is 414 g/mol. The van der Waals surface area contributed by atoms with Crippen LogP contribution in [0.3, 0.4) is 0 Å². The Balaban J connectivity index is 1.32. The van der Waals surface area contributed by atoms with Gasteiger partial charge in [-0.2, -0.15) is 0 Å². The Labute approximate surface area is 179 Å². The molecule has 0 radical (unpaired) electrons. The average Bonchev–Trinajstić information content (AvgIpc) is 3.35. The van der Waals surface area contributed by atoms with Gasteiger partial charge in [-0.25, -0.2) is 0 Å². The highest BCUT2D eigenvalue weighted by molar-refractivity contribution is 5.77. The summed E-state index contributed by atoms with van der Waals surface area (Å²) in [6.45, 7) is 1.71. The third-order valence-corrected chi connectivity index (χ3v) is 6.20. The maximum absolute atomic E-state index is 12.0. The van der Waals surface area contributed by atoms with Gasteiger partial charge in [0.1, 0.15) is 0 Å². The number of carboxylic acid groups (broad SMARTS) is 1. The van der Waals surface area contributed by atoms with E-state index in [1.54, 1.807) is 0 Å². The Hall–Kier alpha value is -2.18. The molecule has 0 saturated carbocycles. The Bertz CT molecular complexity index is 706. The molecule has 0 aliphatic carbocycles. The molecule has 2 saturated heterocycles. The number of hydrogen-bond donors (Lipinski definition) is 3. The van der Waals surface area contributed by atoms with Crippen LogP contribution in [0.2, 0.25) is 0 Å². The zero-order valence-corrected chi connectivity index (χ0v) is 17.6. The second kappa shape index (κ2) is 11.9. The van der Waals surface area contributed by atoms with E-state index in [0.29, 0.717) is 43.6 Å². The molecule has 2 bridgehead atoms. The molecule has 164 valence electrons. The fourth-order valence-corrected chi connectivity index (χ4v) is 4.67. The lowest BCUT2D eigenvalue weighted by molar-refractivity contribution is -0.137. The normalized spacial score (nSPS) is 25.1. The molecule has 3 rings (SSSR count). The van der Waals surface area contributed by atoms with Crippen molar-refractivity contribution < 1.29 is 19.4 Å². The van der Waals surface area contributed by atoms with Crippen molar-refractivity contribution in [2.24, 2.45) is 11.8 Å². The van der Waals surface area contributed by atoms with E-state index in [0.717, 1.165) is 44.2 Å². The lowest BCUT2D eigenvalue weighted by atomic mass is 9.76. The van der Waals surface area contributed by atoms with E-state index in [1.165, 1.54) is 0 Å². The minimum atomic E-state index is -0.730. The summed E-state index contributed by atoms with van der Waals surface area (Å²) in [5, 5.41) is 14.9. The van der Waals surface area contributed by atoms with Crippen LogP contribution in [0.1, 0.15) is 50.5 Å². The first kappa shape index (κ1) is 22.5. The van der Waals surface area contributed by atoms with E-state index in [9.17, 15) is 9.59 Å². The van der Waals surface area contributed by atoms with Crippen LogP contribution in [-0.4, -0.2) is 42.3 Å². The van der Waals surface area contributed by atoms with E-state index in [-0.39, 0.29) is 12.3 Å². The molecule has 2 aliphatic rings. The minimum absolute atomic E-state index is 0.0175. The van der Waals surface area contributed by atoms with E-state index in [4.69, 9.17) is 9.84 Å². The highest BCUT2D eigenvalue weighted by Crippen LogP contribution is 2.46. The Morgan fingerprint density at radius 1 is 1.10 bits per heavy atom. The van der Waals surface area contributed by atoms with E-state index >= 15 is 0 Å². The number of allylic oxidation sites excluding steroid dienone is 2. The standard InChI is InChI=1S/C24H34N2O4/c27-23(26-16-18-8-4-3-5-9-18)17-25-15-14-20-19(21-12-13-22(20)30-21)10-6-1-2-7-11-24(28)29/h1,3-6,8-9,19-22,25H,2,7,10-17H2,(H,26,27)(H,28,29)/b6-1-/t19-,20-,21+,22-/m0/s1. The van der Waals surface area contributed by atoms with Crippen molar-refractivity contribution in [2.75, 3.05) is 13.1 Å². The van der Waals surface area contributed by atoms with Crippen molar-refractivity contribution in [1.29, 1.82) is 0 Å². The molecule has 1 amide bonds. The maximum Gasteiger partial charge on any atom is 0.303 e. The molecule has 6 heteroatoms. The molecular formula is C24H34N2O4. The van der Waals surface area contributed by atoms with Gasteiger partial charge in [-0.3, -0.25) is 9.59 Å². The summed E-state index contributed by atoms with van der Waals surface area (Å²) in [7, 11) is 0. The lowest BCUT2D eigenvalue weighted by Gasteiger charge is -2.27. The van der Waals surface area contributed by atoms with Crippen LogP contribution in [0, 0.1) is 11.8 Å². The van der Waals surface area contributed by atoms with Crippen molar-refractivity contribution in [2.45, 2.75) is 63.7 Å². The number of nitrogens with one attached hydrogen (secondary N) is 2. The topological polar surface area (TPSA) is 87.7 Å². The van der Waals surface area contributed by atoms with Crippen LogP contribution in [0.25, 0.3) is 0 Å². The van der Waals surface area contributed by atoms with Gasteiger partial charge >= 0.3 is 5.97 Å².